The van der Waals surface area contributed by atoms with Gasteiger partial charge in [-0.25, -0.2) is 8.78 Å². The van der Waals surface area contributed by atoms with Crippen LogP contribution in [0.5, 0.6) is 0 Å². The molecular weight excluding hydrogens is 458 g/mol. The van der Waals surface area contributed by atoms with Crippen molar-refractivity contribution in [2.45, 2.75) is 18.9 Å². The SMILES string of the molecule is Nc1sc2cc(-c3c(F)cccc3F)cnc2c1C(=O)Nc1cnccc1N1CCC[C@@H](N)C1. The van der Waals surface area contributed by atoms with Gasteiger partial charge < -0.3 is 21.7 Å². The third kappa shape index (κ3) is 4.06. The number of piperidine rings is 1. The second kappa shape index (κ2) is 8.96. The third-order valence-electron chi connectivity index (χ3n) is 5.88. The van der Waals surface area contributed by atoms with E-state index in [-0.39, 0.29) is 27.7 Å². The van der Waals surface area contributed by atoms with Crippen LogP contribution in [-0.2, 0) is 0 Å². The number of nitrogen functional groups attached to an aromatic ring is 1. The van der Waals surface area contributed by atoms with Gasteiger partial charge in [0.25, 0.3) is 5.91 Å². The Morgan fingerprint density at radius 2 is 2.00 bits per heavy atom. The largest absolute Gasteiger partial charge is 0.390 e. The van der Waals surface area contributed by atoms with Crippen LogP contribution in [0.2, 0.25) is 0 Å². The highest BCUT2D eigenvalue weighted by Crippen LogP contribution is 2.37. The lowest BCUT2D eigenvalue weighted by molar-refractivity contribution is 0.102. The van der Waals surface area contributed by atoms with Crippen molar-refractivity contribution >= 4 is 43.8 Å². The quantitative estimate of drug-likeness (QED) is 0.399. The number of halogens is 2. The third-order valence-corrected chi connectivity index (χ3v) is 6.83. The minimum Gasteiger partial charge on any atom is -0.390 e. The summed E-state index contributed by atoms with van der Waals surface area (Å²) in [6.45, 7) is 1.52. The van der Waals surface area contributed by atoms with Gasteiger partial charge in [-0.05, 0) is 37.1 Å². The number of rotatable bonds is 4. The number of carbonyl (C=O) groups excluding carboxylic acids is 1. The Kier molecular flexibility index (Phi) is 5.84. The van der Waals surface area contributed by atoms with Gasteiger partial charge in [-0.3, -0.25) is 14.8 Å². The minimum absolute atomic E-state index is 0.0691. The number of anilines is 3. The van der Waals surface area contributed by atoms with Crippen LogP contribution in [0.4, 0.5) is 25.2 Å². The second-order valence-corrected chi connectivity index (χ2v) is 9.29. The first-order valence-electron chi connectivity index (χ1n) is 10.8. The molecule has 5 N–H and O–H groups in total. The molecule has 0 spiro atoms. The van der Waals surface area contributed by atoms with Crippen molar-refractivity contribution in [3.8, 4) is 11.1 Å². The Morgan fingerprint density at radius 3 is 2.76 bits per heavy atom. The molecule has 1 atom stereocenters. The molecule has 34 heavy (non-hydrogen) atoms. The average molecular weight is 481 g/mol. The number of nitrogens with two attached hydrogens (primary N) is 2. The number of hydrogen-bond acceptors (Lipinski definition) is 7. The maximum Gasteiger partial charge on any atom is 0.260 e. The number of thiophene rings is 1. The van der Waals surface area contributed by atoms with Crippen LogP contribution in [0.15, 0.2) is 48.9 Å². The van der Waals surface area contributed by atoms with E-state index < -0.39 is 17.5 Å². The molecule has 4 aromatic rings. The van der Waals surface area contributed by atoms with Crippen molar-refractivity contribution in [3.63, 3.8) is 0 Å². The van der Waals surface area contributed by atoms with E-state index in [0.29, 0.717) is 22.4 Å². The summed E-state index contributed by atoms with van der Waals surface area (Å²) in [6.07, 6.45) is 6.53. The first-order chi connectivity index (χ1) is 16.4. The molecule has 174 valence electrons. The van der Waals surface area contributed by atoms with Crippen molar-refractivity contribution in [2.75, 3.05) is 29.0 Å². The number of pyridine rings is 2. The number of amides is 1. The molecule has 1 aromatic carbocycles. The molecule has 5 rings (SSSR count). The van der Waals surface area contributed by atoms with E-state index in [4.69, 9.17) is 11.5 Å². The van der Waals surface area contributed by atoms with Crippen molar-refractivity contribution in [3.05, 3.63) is 66.1 Å². The molecule has 0 bridgehead atoms. The molecule has 1 fully saturated rings. The van der Waals surface area contributed by atoms with Gasteiger partial charge in [0.05, 0.1) is 33.4 Å². The fraction of sp³-hybridized carbons (Fsp3) is 0.208. The summed E-state index contributed by atoms with van der Waals surface area (Å²) in [4.78, 5) is 23.9. The van der Waals surface area contributed by atoms with E-state index in [2.05, 4.69) is 20.2 Å². The van der Waals surface area contributed by atoms with Crippen molar-refractivity contribution in [1.82, 2.24) is 9.97 Å². The van der Waals surface area contributed by atoms with Gasteiger partial charge >= 0.3 is 0 Å². The summed E-state index contributed by atoms with van der Waals surface area (Å²) in [7, 11) is 0. The first-order valence-corrected chi connectivity index (χ1v) is 11.6. The Bertz CT molecular complexity index is 1370. The maximum atomic E-state index is 14.2. The first kappa shape index (κ1) is 22.2. The number of nitrogens with one attached hydrogen (secondary N) is 1. The maximum absolute atomic E-state index is 14.2. The number of benzene rings is 1. The van der Waals surface area contributed by atoms with Gasteiger partial charge in [-0.2, -0.15) is 0 Å². The van der Waals surface area contributed by atoms with Crippen LogP contribution < -0.4 is 21.7 Å². The van der Waals surface area contributed by atoms with Gasteiger partial charge in [0.2, 0.25) is 0 Å². The Balaban J connectivity index is 1.48. The lowest BCUT2D eigenvalue weighted by Gasteiger charge is -2.33. The molecule has 0 radical (unpaired) electrons. The highest BCUT2D eigenvalue weighted by atomic mass is 32.1. The van der Waals surface area contributed by atoms with Gasteiger partial charge in [0.15, 0.2) is 0 Å². The second-order valence-electron chi connectivity index (χ2n) is 8.20. The van der Waals surface area contributed by atoms with Crippen molar-refractivity contribution < 1.29 is 13.6 Å². The smallest absolute Gasteiger partial charge is 0.260 e. The lowest BCUT2D eigenvalue weighted by atomic mass is 10.1. The topological polar surface area (TPSA) is 110 Å². The number of fused-ring (bicyclic) bond motifs is 1. The number of carbonyl (C=O) groups is 1. The molecule has 10 heteroatoms. The van der Waals surface area contributed by atoms with Gasteiger partial charge in [-0.1, -0.05) is 6.07 Å². The predicted molar refractivity (Wildman–Crippen MR) is 131 cm³/mol. The number of aromatic nitrogens is 2. The Morgan fingerprint density at radius 1 is 1.21 bits per heavy atom. The molecule has 3 aromatic heterocycles. The molecule has 1 aliphatic heterocycles. The zero-order chi connectivity index (χ0) is 23.8. The van der Waals surface area contributed by atoms with Crippen molar-refractivity contribution in [1.29, 1.82) is 0 Å². The van der Waals surface area contributed by atoms with Crippen LogP contribution in [0.3, 0.4) is 0 Å². The molecule has 0 saturated carbocycles. The van der Waals surface area contributed by atoms with Gasteiger partial charge in [0.1, 0.15) is 22.2 Å². The van der Waals surface area contributed by atoms with E-state index in [0.717, 1.165) is 36.4 Å². The van der Waals surface area contributed by atoms with E-state index in [9.17, 15) is 13.6 Å². The normalized spacial score (nSPS) is 16.1. The molecule has 4 heterocycles. The monoisotopic (exact) mass is 480 g/mol. The van der Waals surface area contributed by atoms with E-state index in [1.54, 1.807) is 18.5 Å². The zero-order valence-corrected chi connectivity index (χ0v) is 18.9. The summed E-state index contributed by atoms with van der Waals surface area (Å²) in [5.41, 5.74) is 14.4. The lowest BCUT2D eigenvalue weighted by Crippen LogP contribution is -2.43. The highest BCUT2D eigenvalue weighted by Gasteiger charge is 2.24. The molecular formula is C24H22F2N6OS. The van der Waals surface area contributed by atoms with Crippen LogP contribution in [0.25, 0.3) is 21.3 Å². The standard InChI is InChI=1S/C24H22F2N6OS/c25-15-4-1-5-16(26)20(15)13-9-19-22(30-10-13)21(23(28)34-19)24(33)31-17-11-29-7-6-18(17)32-8-2-3-14(27)12-32/h1,4-7,9-11,14H,2-3,8,12,27-28H2,(H,31,33)/t14-/m1/s1. The zero-order valence-electron chi connectivity index (χ0n) is 18.1. The highest BCUT2D eigenvalue weighted by molar-refractivity contribution is 7.23. The Labute approximate surface area is 198 Å². The fourth-order valence-corrected chi connectivity index (χ4v) is 5.26. The number of hydrogen-bond donors (Lipinski definition) is 3. The molecule has 0 unspecified atom stereocenters. The summed E-state index contributed by atoms with van der Waals surface area (Å²) in [5, 5.41) is 3.17. The van der Waals surface area contributed by atoms with Crippen molar-refractivity contribution in [2.24, 2.45) is 5.73 Å². The summed E-state index contributed by atoms with van der Waals surface area (Å²) < 4.78 is 29.0. The molecule has 0 aliphatic carbocycles. The summed E-state index contributed by atoms with van der Waals surface area (Å²) in [6, 6.07) is 7.17. The van der Waals surface area contributed by atoms with Crippen LogP contribution in [0, 0.1) is 11.6 Å². The van der Waals surface area contributed by atoms with Gasteiger partial charge in [-0.15, -0.1) is 11.3 Å². The van der Waals surface area contributed by atoms with Gasteiger partial charge in [0, 0.05) is 37.1 Å². The van der Waals surface area contributed by atoms with E-state index in [1.165, 1.54) is 24.4 Å². The molecule has 7 nitrogen and oxygen atoms in total. The van der Waals surface area contributed by atoms with E-state index >= 15 is 0 Å². The number of nitrogens with zero attached hydrogens (tertiary/aromatic N) is 3. The van der Waals surface area contributed by atoms with E-state index in [1.807, 2.05) is 6.07 Å². The molecule has 1 amide bonds. The van der Waals surface area contributed by atoms with Crippen LogP contribution in [-0.4, -0.2) is 35.0 Å². The Hall–Kier alpha value is -3.63. The minimum atomic E-state index is -0.690. The fourth-order valence-electron chi connectivity index (χ4n) is 4.30. The predicted octanol–water partition coefficient (Wildman–Crippen LogP) is 4.40. The molecule has 1 saturated heterocycles. The molecule has 1 aliphatic rings. The summed E-state index contributed by atoms with van der Waals surface area (Å²) >= 11 is 1.14. The average Bonchev–Trinajstić information content (AvgIpc) is 3.14. The van der Waals surface area contributed by atoms with Crippen LogP contribution in [0.1, 0.15) is 23.2 Å². The summed E-state index contributed by atoms with van der Waals surface area (Å²) in [5.74, 6) is -1.81. The van der Waals surface area contributed by atoms with Crippen LogP contribution >= 0.6 is 11.3 Å².